The molecule has 0 spiro atoms. The monoisotopic (exact) mass is 413 g/mol. The predicted octanol–water partition coefficient (Wildman–Crippen LogP) is 2.85. The Hall–Kier alpha value is -1.60. The van der Waals surface area contributed by atoms with Crippen molar-refractivity contribution in [1.29, 1.82) is 0 Å². The highest BCUT2D eigenvalue weighted by Crippen LogP contribution is 2.28. The molecule has 1 aliphatic carbocycles. The SMILES string of the molecule is O=C(OCC(=O)N(C1CCCCC1)C1CCS(=O)(=O)C1)c1ccccc1Cl. The zero-order chi connectivity index (χ0) is 19.4. The van der Waals surface area contributed by atoms with E-state index in [-0.39, 0.29) is 40.1 Å². The van der Waals surface area contributed by atoms with E-state index in [0.717, 1.165) is 32.1 Å². The summed E-state index contributed by atoms with van der Waals surface area (Å²) in [6.45, 7) is -0.406. The second-order valence-corrected chi connectivity index (χ2v) is 9.84. The number of rotatable bonds is 5. The number of benzene rings is 1. The minimum atomic E-state index is -3.11. The highest BCUT2D eigenvalue weighted by molar-refractivity contribution is 7.91. The van der Waals surface area contributed by atoms with E-state index < -0.39 is 22.4 Å². The van der Waals surface area contributed by atoms with Crippen molar-refractivity contribution in [1.82, 2.24) is 4.90 Å². The van der Waals surface area contributed by atoms with Crippen LogP contribution in [0.15, 0.2) is 24.3 Å². The minimum Gasteiger partial charge on any atom is -0.452 e. The molecule has 1 saturated heterocycles. The Morgan fingerprint density at radius 3 is 2.41 bits per heavy atom. The first-order valence-electron chi connectivity index (χ1n) is 9.30. The topological polar surface area (TPSA) is 80.8 Å². The fourth-order valence-corrected chi connectivity index (χ4v) is 5.89. The van der Waals surface area contributed by atoms with Gasteiger partial charge in [-0.3, -0.25) is 4.79 Å². The summed E-state index contributed by atoms with van der Waals surface area (Å²) >= 11 is 5.99. The largest absolute Gasteiger partial charge is 0.452 e. The van der Waals surface area contributed by atoms with Crippen LogP contribution in [0.4, 0.5) is 0 Å². The first-order valence-corrected chi connectivity index (χ1v) is 11.5. The van der Waals surface area contributed by atoms with Crippen LogP contribution in [0.1, 0.15) is 48.9 Å². The Balaban J connectivity index is 1.69. The number of nitrogens with zero attached hydrogens (tertiary/aromatic N) is 1. The van der Waals surface area contributed by atoms with Gasteiger partial charge in [-0.25, -0.2) is 13.2 Å². The number of sulfone groups is 1. The number of hydrogen-bond donors (Lipinski definition) is 0. The molecule has 27 heavy (non-hydrogen) atoms. The van der Waals surface area contributed by atoms with E-state index in [1.54, 1.807) is 23.1 Å². The third-order valence-electron chi connectivity index (χ3n) is 5.28. The smallest absolute Gasteiger partial charge is 0.340 e. The lowest BCUT2D eigenvalue weighted by Crippen LogP contribution is -2.50. The van der Waals surface area contributed by atoms with Gasteiger partial charge in [0.2, 0.25) is 0 Å². The third-order valence-corrected chi connectivity index (χ3v) is 7.36. The molecular weight excluding hydrogens is 390 g/mol. The van der Waals surface area contributed by atoms with E-state index in [0.29, 0.717) is 6.42 Å². The Kier molecular flexibility index (Phi) is 6.42. The first-order chi connectivity index (χ1) is 12.9. The number of carbonyl (C=O) groups is 2. The number of hydrogen-bond acceptors (Lipinski definition) is 5. The van der Waals surface area contributed by atoms with Gasteiger partial charge in [-0.1, -0.05) is 43.0 Å². The van der Waals surface area contributed by atoms with Gasteiger partial charge in [-0.05, 0) is 31.4 Å². The van der Waals surface area contributed by atoms with Crippen LogP contribution in [0.25, 0.3) is 0 Å². The summed E-state index contributed by atoms with van der Waals surface area (Å²) in [7, 11) is -3.11. The lowest BCUT2D eigenvalue weighted by atomic mass is 9.93. The van der Waals surface area contributed by atoms with Gasteiger partial charge in [0.05, 0.1) is 22.1 Å². The number of esters is 1. The van der Waals surface area contributed by atoms with Crippen molar-refractivity contribution in [3.05, 3.63) is 34.9 Å². The summed E-state index contributed by atoms with van der Waals surface area (Å²) in [5.74, 6) is -0.887. The average molecular weight is 414 g/mol. The fraction of sp³-hybridized carbons (Fsp3) is 0.579. The standard InChI is InChI=1S/C19H24ClNO5S/c20-17-9-5-4-8-16(17)19(23)26-12-18(22)21(14-6-2-1-3-7-14)15-10-11-27(24,25)13-15/h4-5,8-9,14-15H,1-3,6-7,10-13H2. The third kappa shape index (κ3) is 5.02. The normalized spacial score (nSPS) is 22.3. The maximum atomic E-state index is 12.9. The summed E-state index contributed by atoms with van der Waals surface area (Å²) in [5.41, 5.74) is 0.208. The molecule has 1 aliphatic heterocycles. The molecule has 1 aromatic carbocycles. The molecule has 0 radical (unpaired) electrons. The molecular formula is C19H24ClNO5S. The maximum absolute atomic E-state index is 12.9. The molecule has 1 saturated carbocycles. The van der Waals surface area contributed by atoms with Crippen molar-refractivity contribution < 1.29 is 22.7 Å². The molecule has 3 rings (SSSR count). The van der Waals surface area contributed by atoms with Gasteiger partial charge in [-0.2, -0.15) is 0 Å². The Labute approximate surface area is 164 Å². The lowest BCUT2D eigenvalue weighted by molar-refractivity contribution is -0.140. The highest BCUT2D eigenvalue weighted by atomic mass is 35.5. The molecule has 6 nitrogen and oxygen atoms in total. The van der Waals surface area contributed by atoms with E-state index in [2.05, 4.69) is 0 Å². The van der Waals surface area contributed by atoms with Gasteiger partial charge in [-0.15, -0.1) is 0 Å². The summed E-state index contributed by atoms with van der Waals surface area (Å²) < 4.78 is 29.0. The average Bonchev–Trinajstić information content (AvgIpc) is 3.00. The second kappa shape index (κ2) is 8.61. The predicted molar refractivity (Wildman–Crippen MR) is 103 cm³/mol. The molecule has 148 valence electrons. The van der Waals surface area contributed by atoms with Gasteiger partial charge in [0.25, 0.3) is 5.91 Å². The van der Waals surface area contributed by atoms with Crippen LogP contribution in [-0.4, -0.2) is 55.4 Å². The number of carbonyl (C=O) groups excluding carboxylic acids is 2. The van der Waals surface area contributed by atoms with Crippen molar-refractivity contribution in [2.45, 2.75) is 50.6 Å². The van der Waals surface area contributed by atoms with E-state index >= 15 is 0 Å². The molecule has 2 fully saturated rings. The Morgan fingerprint density at radius 2 is 1.78 bits per heavy atom. The maximum Gasteiger partial charge on any atom is 0.340 e. The van der Waals surface area contributed by atoms with Gasteiger partial charge < -0.3 is 9.64 Å². The lowest BCUT2D eigenvalue weighted by Gasteiger charge is -2.38. The summed E-state index contributed by atoms with van der Waals surface area (Å²) in [6.07, 6.45) is 5.34. The van der Waals surface area contributed by atoms with Crippen LogP contribution in [0.5, 0.6) is 0 Å². The van der Waals surface area contributed by atoms with Crippen molar-refractivity contribution in [2.75, 3.05) is 18.1 Å². The van der Waals surface area contributed by atoms with Crippen LogP contribution in [0.3, 0.4) is 0 Å². The molecule has 0 aromatic heterocycles. The summed E-state index contributed by atoms with van der Waals surface area (Å²) in [4.78, 5) is 26.8. The van der Waals surface area contributed by atoms with Crippen molar-refractivity contribution in [3.8, 4) is 0 Å². The van der Waals surface area contributed by atoms with E-state index in [1.807, 2.05) is 0 Å². The quantitative estimate of drug-likeness (QED) is 0.693. The van der Waals surface area contributed by atoms with Crippen LogP contribution in [0.2, 0.25) is 5.02 Å². The van der Waals surface area contributed by atoms with Crippen LogP contribution in [-0.2, 0) is 19.4 Å². The number of ether oxygens (including phenoxy) is 1. The molecule has 0 bridgehead atoms. The molecule has 1 amide bonds. The molecule has 0 N–H and O–H groups in total. The van der Waals surface area contributed by atoms with Crippen molar-refractivity contribution >= 4 is 33.3 Å². The van der Waals surface area contributed by atoms with Crippen molar-refractivity contribution in [3.63, 3.8) is 0 Å². The van der Waals surface area contributed by atoms with E-state index in [4.69, 9.17) is 16.3 Å². The Morgan fingerprint density at radius 1 is 1.07 bits per heavy atom. The minimum absolute atomic E-state index is 0.00625. The van der Waals surface area contributed by atoms with E-state index in [1.165, 1.54) is 6.07 Å². The molecule has 1 unspecified atom stereocenters. The highest BCUT2D eigenvalue weighted by Gasteiger charge is 2.38. The van der Waals surface area contributed by atoms with Crippen LogP contribution < -0.4 is 0 Å². The summed E-state index contributed by atoms with van der Waals surface area (Å²) in [6, 6.07) is 6.18. The molecule has 2 aliphatic rings. The first kappa shape index (κ1) is 20.1. The fourth-order valence-electron chi connectivity index (χ4n) is 3.97. The van der Waals surface area contributed by atoms with Crippen LogP contribution >= 0.6 is 11.6 Å². The zero-order valence-corrected chi connectivity index (χ0v) is 16.7. The molecule has 1 aromatic rings. The molecule has 8 heteroatoms. The molecule has 1 heterocycles. The Bertz CT molecular complexity index is 804. The van der Waals surface area contributed by atoms with Crippen molar-refractivity contribution in [2.24, 2.45) is 0 Å². The number of amides is 1. The molecule has 1 atom stereocenters. The van der Waals surface area contributed by atoms with Crippen LogP contribution in [0, 0.1) is 0 Å². The van der Waals surface area contributed by atoms with Gasteiger partial charge >= 0.3 is 5.97 Å². The second-order valence-electron chi connectivity index (χ2n) is 7.21. The summed E-state index contributed by atoms with van der Waals surface area (Å²) in [5, 5.41) is 0.265. The number of halogens is 1. The van der Waals surface area contributed by atoms with Gasteiger partial charge in [0, 0.05) is 12.1 Å². The van der Waals surface area contributed by atoms with E-state index in [9.17, 15) is 18.0 Å². The van der Waals surface area contributed by atoms with Gasteiger partial charge in [0.15, 0.2) is 16.4 Å². The van der Waals surface area contributed by atoms with Gasteiger partial charge in [0.1, 0.15) is 0 Å². The zero-order valence-electron chi connectivity index (χ0n) is 15.1.